The first kappa shape index (κ1) is 17.0. The predicted octanol–water partition coefficient (Wildman–Crippen LogP) is 0.916. The molecule has 120 valence electrons. The molecule has 0 spiro atoms. The molecule has 0 aliphatic carbocycles. The maximum absolute atomic E-state index is 9.17. The maximum atomic E-state index is 9.17. The van der Waals surface area contributed by atoms with Crippen molar-refractivity contribution in [2.24, 2.45) is 0 Å². The lowest BCUT2D eigenvalue weighted by Gasteiger charge is -2.03. The number of nitrogens with two attached hydrogens (primary N) is 2. The summed E-state index contributed by atoms with van der Waals surface area (Å²) in [6.07, 6.45) is -0.242. The molecule has 0 amide bonds. The maximum Gasteiger partial charge on any atom is 0.158 e. The van der Waals surface area contributed by atoms with Crippen LogP contribution < -0.4 is 10.6 Å². The number of aliphatic hydroxyl groups excluding tert-OH is 1. The minimum Gasteiger partial charge on any atom is -0.455 e. The van der Waals surface area contributed by atoms with Gasteiger partial charge in [0.05, 0.1) is 6.10 Å². The van der Waals surface area contributed by atoms with Crippen molar-refractivity contribution >= 4 is 11.6 Å². The van der Waals surface area contributed by atoms with Gasteiger partial charge >= 0.3 is 0 Å². The Balaban J connectivity index is 1.80. The van der Waals surface area contributed by atoms with E-state index in [9.17, 15) is 0 Å². The summed E-state index contributed by atoms with van der Waals surface area (Å²) >= 11 is 6.16. The third-order valence-corrected chi connectivity index (χ3v) is 3.95. The van der Waals surface area contributed by atoms with Crippen molar-refractivity contribution in [3.63, 3.8) is 0 Å². The SMILES string of the molecule is Cc1ccc(-c2ccc(C[NH2+]CC[NH2+]C[C@@H](C)O)o2)cc1Cl. The Labute approximate surface area is 136 Å². The second-order valence-electron chi connectivity index (χ2n) is 5.67. The molecule has 5 heteroatoms. The van der Waals surface area contributed by atoms with Crippen LogP contribution in [0.4, 0.5) is 0 Å². The highest BCUT2D eigenvalue weighted by molar-refractivity contribution is 6.31. The summed E-state index contributed by atoms with van der Waals surface area (Å²) in [5.74, 6) is 1.81. The van der Waals surface area contributed by atoms with E-state index in [0.29, 0.717) is 0 Å². The third-order valence-electron chi connectivity index (χ3n) is 3.55. The van der Waals surface area contributed by atoms with Gasteiger partial charge in [-0.25, -0.2) is 0 Å². The van der Waals surface area contributed by atoms with E-state index in [1.807, 2.05) is 44.2 Å². The predicted molar refractivity (Wildman–Crippen MR) is 87.7 cm³/mol. The zero-order valence-corrected chi connectivity index (χ0v) is 13.9. The van der Waals surface area contributed by atoms with Gasteiger partial charge in [-0.2, -0.15) is 0 Å². The van der Waals surface area contributed by atoms with Crippen LogP contribution in [-0.2, 0) is 6.54 Å². The molecule has 2 rings (SSSR count). The summed E-state index contributed by atoms with van der Waals surface area (Å²) in [6.45, 7) is 7.37. The average Bonchev–Trinajstić information content (AvgIpc) is 2.94. The largest absolute Gasteiger partial charge is 0.455 e. The highest BCUT2D eigenvalue weighted by atomic mass is 35.5. The smallest absolute Gasteiger partial charge is 0.158 e. The van der Waals surface area contributed by atoms with Gasteiger partial charge in [0.2, 0.25) is 0 Å². The Morgan fingerprint density at radius 2 is 1.95 bits per heavy atom. The van der Waals surface area contributed by atoms with Crippen LogP contribution in [0.1, 0.15) is 18.2 Å². The van der Waals surface area contributed by atoms with Crippen LogP contribution in [0.15, 0.2) is 34.7 Å². The van der Waals surface area contributed by atoms with E-state index in [2.05, 4.69) is 10.6 Å². The van der Waals surface area contributed by atoms with Gasteiger partial charge in [0.15, 0.2) is 5.76 Å². The molecule has 4 nitrogen and oxygen atoms in total. The lowest BCUT2D eigenvalue weighted by atomic mass is 10.1. The van der Waals surface area contributed by atoms with Crippen molar-refractivity contribution in [2.75, 3.05) is 19.6 Å². The van der Waals surface area contributed by atoms with Crippen LogP contribution in [-0.4, -0.2) is 30.8 Å². The number of hydrogen-bond acceptors (Lipinski definition) is 2. The Morgan fingerprint density at radius 3 is 2.68 bits per heavy atom. The summed E-state index contributed by atoms with van der Waals surface area (Å²) < 4.78 is 5.87. The molecule has 0 aliphatic rings. The molecule has 2 aromatic rings. The zero-order valence-electron chi connectivity index (χ0n) is 13.2. The summed E-state index contributed by atoms with van der Waals surface area (Å²) in [6, 6.07) is 9.97. The summed E-state index contributed by atoms with van der Waals surface area (Å²) in [5, 5.41) is 14.3. The fourth-order valence-electron chi connectivity index (χ4n) is 2.23. The Bertz CT molecular complexity index is 596. The van der Waals surface area contributed by atoms with Gasteiger partial charge in [0.1, 0.15) is 31.9 Å². The number of quaternary nitrogens is 2. The van der Waals surface area contributed by atoms with Crippen LogP contribution >= 0.6 is 11.6 Å². The van der Waals surface area contributed by atoms with Gasteiger partial charge in [-0.05, 0) is 37.6 Å². The van der Waals surface area contributed by atoms with Crippen LogP contribution in [0.25, 0.3) is 11.3 Å². The second kappa shape index (κ2) is 8.34. The number of furan rings is 1. The quantitative estimate of drug-likeness (QED) is 0.632. The third kappa shape index (κ3) is 5.14. The van der Waals surface area contributed by atoms with Gasteiger partial charge in [-0.15, -0.1) is 0 Å². The topological polar surface area (TPSA) is 66.6 Å². The lowest BCUT2D eigenvalue weighted by molar-refractivity contribution is -0.733. The van der Waals surface area contributed by atoms with Crippen molar-refractivity contribution in [3.8, 4) is 11.3 Å². The van der Waals surface area contributed by atoms with E-state index in [1.165, 1.54) is 0 Å². The molecule has 1 heterocycles. The van der Waals surface area contributed by atoms with E-state index in [4.69, 9.17) is 21.1 Å². The first-order chi connectivity index (χ1) is 10.6. The van der Waals surface area contributed by atoms with E-state index in [1.54, 1.807) is 0 Å². The van der Waals surface area contributed by atoms with E-state index in [-0.39, 0.29) is 6.10 Å². The fourth-order valence-corrected chi connectivity index (χ4v) is 2.41. The van der Waals surface area contributed by atoms with Gasteiger partial charge in [0, 0.05) is 10.6 Å². The molecule has 0 saturated carbocycles. The van der Waals surface area contributed by atoms with Crippen LogP contribution in [0.2, 0.25) is 5.02 Å². The average molecular weight is 325 g/mol. The number of aliphatic hydroxyl groups is 1. The number of aryl methyl sites for hydroxylation is 1. The molecule has 0 saturated heterocycles. The molecule has 0 bridgehead atoms. The zero-order chi connectivity index (χ0) is 15.9. The minimum absolute atomic E-state index is 0.242. The van der Waals surface area contributed by atoms with Crippen LogP contribution in [0.5, 0.6) is 0 Å². The van der Waals surface area contributed by atoms with Crippen molar-refractivity contribution in [1.29, 1.82) is 0 Å². The molecule has 0 radical (unpaired) electrons. The molecule has 22 heavy (non-hydrogen) atoms. The monoisotopic (exact) mass is 324 g/mol. The van der Waals surface area contributed by atoms with Gasteiger partial charge in [0.25, 0.3) is 0 Å². The van der Waals surface area contributed by atoms with Crippen molar-refractivity contribution in [1.82, 2.24) is 0 Å². The fraction of sp³-hybridized carbons (Fsp3) is 0.412. The van der Waals surface area contributed by atoms with Crippen molar-refractivity contribution < 1.29 is 20.2 Å². The number of halogens is 1. The lowest BCUT2D eigenvalue weighted by Crippen LogP contribution is -2.95. The second-order valence-corrected chi connectivity index (χ2v) is 6.08. The van der Waals surface area contributed by atoms with E-state index < -0.39 is 0 Å². The Kier molecular flexibility index (Phi) is 6.46. The molecule has 5 N–H and O–H groups in total. The number of benzene rings is 1. The first-order valence-corrected chi connectivity index (χ1v) is 8.10. The molecule has 1 aromatic heterocycles. The van der Waals surface area contributed by atoms with Gasteiger partial charge in [-0.3, -0.25) is 0 Å². The highest BCUT2D eigenvalue weighted by Crippen LogP contribution is 2.26. The highest BCUT2D eigenvalue weighted by Gasteiger charge is 2.08. The molecule has 0 unspecified atom stereocenters. The molecule has 1 aromatic carbocycles. The standard InChI is InChI=1S/C17H23ClN2O2/c1-12-3-4-14(9-16(12)18)17-6-5-15(22-17)11-20-8-7-19-10-13(2)21/h3-6,9,13,19-21H,7-8,10-11H2,1-2H3/p+2/t13-/m1/s1. The molecule has 0 aliphatic heterocycles. The Morgan fingerprint density at radius 1 is 1.18 bits per heavy atom. The van der Waals surface area contributed by atoms with Crippen molar-refractivity contribution in [2.45, 2.75) is 26.5 Å². The van der Waals surface area contributed by atoms with Crippen molar-refractivity contribution in [3.05, 3.63) is 46.7 Å². The molecular weight excluding hydrogens is 300 g/mol. The first-order valence-electron chi connectivity index (χ1n) is 7.73. The van der Waals surface area contributed by atoms with E-state index in [0.717, 1.165) is 53.8 Å². The summed E-state index contributed by atoms with van der Waals surface area (Å²) in [4.78, 5) is 0. The van der Waals surface area contributed by atoms with E-state index >= 15 is 0 Å². The van der Waals surface area contributed by atoms with Gasteiger partial charge in [-0.1, -0.05) is 23.7 Å². The molecule has 0 fully saturated rings. The summed E-state index contributed by atoms with van der Waals surface area (Å²) in [7, 11) is 0. The van der Waals surface area contributed by atoms with Crippen LogP contribution in [0.3, 0.4) is 0 Å². The number of hydrogen-bond donors (Lipinski definition) is 3. The normalized spacial score (nSPS) is 12.5. The summed E-state index contributed by atoms with van der Waals surface area (Å²) in [5.41, 5.74) is 2.08. The minimum atomic E-state index is -0.242. The number of rotatable bonds is 8. The molecular formula is C17H25ClN2O2+2. The Hall–Kier alpha value is -1.33. The van der Waals surface area contributed by atoms with Gasteiger partial charge < -0.3 is 20.2 Å². The molecule has 1 atom stereocenters. The van der Waals surface area contributed by atoms with Crippen LogP contribution in [0, 0.1) is 6.92 Å².